The Balaban J connectivity index is 1.41. The molecule has 2 unspecified atom stereocenters. The van der Waals surface area contributed by atoms with E-state index in [1.54, 1.807) is 13.0 Å². The molecule has 6 aromatic rings. The average Bonchev–Trinajstić information content (AvgIpc) is 2.99. The molecule has 1 aliphatic rings. The van der Waals surface area contributed by atoms with Crippen molar-refractivity contribution < 1.29 is 39.1 Å². The van der Waals surface area contributed by atoms with E-state index < -0.39 is 28.0 Å². The highest BCUT2D eigenvalue weighted by atomic mass is 16.5. The fraction of sp³-hybridized carbons (Fsp3) is 0.167. The zero-order valence-corrected chi connectivity index (χ0v) is 24.9. The predicted molar refractivity (Wildman–Crippen MR) is 173 cm³/mol. The van der Waals surface area contributed by atoms with Crippen LogP contribution in [0.25, 0.3) is 50.0 Å². The summed E-state index contributed by atoms with van der Waals surface area (Å²) >= 11 is 0. The Morgan fingerprint density at radius 1 is 0.783 bits per heavy atom. The Bertz CT molecular complexity index is 2460. The van der Waals surface area contributed by atoms with Crippen LogP contribution in [0.3, 0.4) is 0 Å². The van der Waals surface area contributed by atoms with Crippen molar-refractivity contribution in [2.24, 2.45) is 0 Å². The van der Waals surface area contributed by atoms with Gasteiger partial charge in [-0.25, -0.2) is 0 Å². The molecular formula is C36H28O10. The second kappa shape index (κ2) is 10.1. The van der Waals surface area contributed by atoms with Crippen molar-refractivity contribution in [1.29, 1.82) is 0 Å². The third-order valence-corrected chi connectivity index (χ3v) is 8.36. The molecule has 2 aromatic heterocycles. The van der Waals surface area contributed by atoms with Gasteiger partial charge in [0.1, 0.15) is 27.9 Å². The van der Waals surface area contributed by atoms with Crippen LogP contribution in [0.4, 0.5) is 0 Å². The summed E-state index contributed by atoms with van der Waals surface area (Å²) in [6, 6.07) is 11.4. The van der Waals surface area contributed by atoms with Gasteiger partial charge >= 0.3 is 0 Å². The van der Waals surface area contributed by atoms with E-state index in [9.17, 15) is 35.1 Å². The fourth-order valence-electron chi connectivity index (χ4n) is 6.28. The molecule has 7 rings (SSSR count). The van der Waals surface area contributed by atoms with Crippen molar-refractivity contribution in [1.82, 2.24) is 0 Å². The average molecular weight is 621 g/mol. The van der Waals surface area contributed by atoms with Crippen molar-refractivity contribution in [3.63, 3.8) is 0 Å². The van der Waals surface area contributed by atoms with Crippen LogP contribution >= 0.6 is 0 Å². The van der Waals surface area contributed by atoms with Crippen molar-refractivity contribution >= 4 is 50.0 Å². The third kappa shape index (κ3) is 4.33. The van der Waals surface area contributed by atoms with Crippen LogP contribution in [0.5, 0.6) is 34.5 Å². The van der Waals surface area contributed by atoms with E-state index in [4.69, 9.17) is 13.6 Å². The van der Waals surface area contributed by atoms with Crippen LogP contribution in [0.1, 0.15) is 44.2 Å². The number of para-hydroxylation sites is 2. The minimum Gasteiger partial charge on any atom is -0.507 e. The molecule has 0 spiro atoms. The summed E-state index contributed by atoms with van der Waals surface area (Å²) in [6.45, 7) is 5.65. The number of hydrogen-bond acceptors (Lipinski definition) is 10. The summed E-state index contributed by atoms with van der Waals surface area (Å²) in [5, 5.41) is 53.6. The van der Waals surface area contributed by atoms with Crippen LogP contribution in [0.2, 0.25) is 0 Å². The largest absolute Gasteiger partial charge is 0.507 e. The SMILES string of the molecule is CC(C)=CC1CC(C)(/C=C/c2cc(O)c3c(=O)c4cccc(O)c4oc3c2O)Oc2c1cc(O)c1c(=O)c3cccc(O)c3oc21. The Hall–Kier alpha value is -5.90. The van der Waals surface area contributed by atoms with E-state index in [0.29, 0.717) is 12.0 Å². The maximum atomic E-state index is 13.5. The first-order valence-electron chi connectivity index (χ1n) is 14.5. The number of ether oxygens (including phenoxy) is 1. The molecule has 0 saturated heterocycles. The number of hydrogen-bond donors (Lipinski definition) is 5. The molecule has 0 radical (unpaired) electrons. The van der Waals surface area contributed by atoms with Crippen molar-refractivity contribution in [2.75, 3.05) is 0 Å². The summed E-state index contributed by atoms with van der Waals surface area (Å²) in [4.78, 5) is 26.6. The van der Waals surface area contributed by atoms with Gasteiger partial charge in [-0.2, -0.15) is 0 Å². The molecular weight excluding hydrogens is 592 g/mol. The molecule has 46 heavy (non-hydrogen) atoms. The molecule has 0 aliphatic carbocycles. The fourth-order valence-corrected chi connectivity index (χ4v) is 6.28. The highest BCUT2D eigenvalue weighted by Crippen LogP contribution is 2.49. The monoisotopic (exact) mass is 620 g/mol. The number of allylic oxidation sites excluding steroid dienone is 2. The van der Waals surface area contributed by atoms with E-state index in [1.165, 1.54) is 54.6 Å². The van der Waals surface area contributed by atoms with Gasteiger partial charge in [-0.3, -0.25) is 9.59 Å². The molecule has 5 N–H and O–H groups in total. The Kier molecular flexibility index (Phi) is 6.31. The summed E-state index contributed by atoms with van der Waals surface area (Å²) in [6.07, 6.45) is 5.53. The lowest BCUT2D eigenvalue weighted by atomic mass is 9.81. The molecule has 4 aromatic carbocycles. The smallest absolute Gasteiger partial charge is 0.204 e. The van der Waals surface area contributed by atoms with E-state index in [1.807, 2.05) is 19.9 Å². The van der Waals surface area contributed by atoms with Gasteiger partial charge < -0.3 is 39.1 Å². The molecule has 232 valence electrons. The maximum absolute atomic E-state index is 13.5. The summed E-state index contributed by atoms with van der Waals surface area (Å²) in [7, 11) is 0. The second-order valence-electron chi connectivity index (χ2n) is 12.0. The lowest BCUT2D eigenvalue weighted by molar-refractivity contribution is 0.109. The molecule has 10 heteroatoms. The molecule has 1 aliphatic heterocycles. The molecule has 0 saturated carbocycles. The van der Waals surface area contributed by atoms with Gasteiger partial charge in [0.2, 0.25) is 10.9 Å². The van der Waals surface area contributed by atoms with E-state index in [2.05, 4.69) is 0 Å². The second-order valence-corrected chi connectivity index (χ2v) is 12.0. The number of aromatic hydroxyl groups is 5. The molecule has 0 amide bonds. The van der Waals surface area contributed by atoms with Gasteiger partial charge in [0.25, 0.3) is 0 Å². The van der Waals surface area contributed by atoms with E-state index in [-0.39, 0.29) is 78.4 Å². The normalized spacial score (nSPS) is 17.9. The summed E-state index contributed by atoms with van der Waals surface area (Å²) in [5.74, 6) is -1.79. The topological polar surface area (TPSA) is 171 Å². The van der Waals surface area contributed by atoms with Crippen molar-refractivity contribution in [3.8, 4) is 34.5 Å². The van der Waals surface area contributed by atoms with Crippen molar-refractivity contribution in [3.05, 3.63) is 97.8 Å². The van der Waals surface area contributed by atoms with Gasteiger partial charge in [-0.05, 0) is 63.2 Å². The highest BCUT2D eigenvalue weighted by molar-refractivity contribution is 6.00. The maximum Gasteiger partial charge on any atom is 0.204 e. The van der Waals surface area contributed by atoms with E-state index >= 15 is 0 Å². The quantitative estimate of drug-likeness (QED) is 0.0785. The minimum atomic E-state index is -1.10. The predicted octanol–water partition coefficient (Wildman–Crippen LogP) is 7.04. The number of phenolic OH excluding ortho intramolecular Hbond substituents is 5. The lowest BCUT2D eigenvalue weighted by Crippen LogP contribution is -2.36. The lowest BCUT2D eigenvalue weighted by Gasteiger charge is -2.37. The van der Waals surface area contributed by atoms with Crippen LogP contribution in [0.15, 0.2) is 84.7 Å². The molecule has 0 bridgehead atoms. The van der Waals surface area contributed by atoms with Gasteiger partial charge in [-0.1, -0.05) is 29.9 Å². The molecule has 0 fully saturated rings. The van der Waals surface area contributed by atoms with Gasteiger partial charge in [-0.15, -0.1) is 0 Å². The number of benzene rings is 4. The first-order chi connectivity index (χ1) is 21.9. The minimum absolute atomic E-state index is 0.0276. The van der Waals surface area contributed by atoms with Crippen LogP contribution in [0, 0.1) is 0 Å². The highest BCUT2D eigenvalue weighted by Gasteiger charge is 2.38. The van der Waals surface area contributed by atoms with Crippen LogP contribution < -0.4 is 15.6 Å². The van der Waals surface area contributed by atoms with Gasteiger partial charge in [0.15, 0.2) is 45.3 Å². The zero-order valence-electron chi connectivity index (χ0n) is 24.9. The Morgan fingerprint density at radius 3 is 1.96 bits per heavy atom. The van der Waals surface area contributed by atoms with Gasteiger partial charge in [0, 0.05) is 23.5 Å². The first-order valence-corrected chi connectivity index (χ1v) is 14.5. The summed E-state index contributed by atoms with van der Waals surface area (Å²) < 4.78 is 18.3. The standard InChI is InChI=1S/C36H28O10/c1-16(2)12-18-15-36(3,46-33-21(18)14-25(40)27-30(43)20-7-5-9-23(38)32(20)45-35(27)33)11-10-17-13-24(39)26-29(42)19-6-4-8-22(37)31(19)44-34(26)28(17)41/h4-14,18,37-41H,15H2,1-3H3/b11-10+. The van der Waals surface area contributed by atoms with Crippen molar-refractivity contribution in [2.45, 2.75) is 38.7 Å². The number of rotatable bonds is 3. The third-order valence-electron chi connectivity index (χ3n) is 8.36. The number of fused-ring (bicyclic) bond motifs is 6. The molecule has 2 atom stereocenters. The van der Waals surface area contributed by atoms with Crippen LogP contribution in [-0.4, -0.2) is 31.1 Å². The van der Waals surface area contributed by atoms with Crippen LogP contribution in [-0.2, 0) is 0 Å². The number of phenols is 5. The Morgan fingerprint density at radius 2 is 1.35 bits per heavy atom. The zero-order chi connectivity index (χ0) is 32.7. The molecule has 10 nitrogen and oxygen atoms in total. The molecule has 3 heterocycles. The van der Waals surface area contributed by atoms with Gasteiger partial charge in [0.05, 0.1) is 10.8 Å². The first kappa shape index (κ1) is 28.8. The summed E-state index contributed by atoms with van der Waals surface area (Å²) in [5.41, 5.74) is -1.07. The van der Waals surface area contributed by atoms with E-state index in [0.717, 1.165) is 5.57 Å². The Labute approximate surface area is 259 Å².